The van der Waals surface area contributed by atoms with E-state index in [1.165, 1.54) is 13.2 Å². The number of aromatic nitrogens is 2. The molecule has 0 aliphatic heterocycles. The van der Waals surface area contributed by atoms with Crippen molar-refractivity contribution in [2.24, 2.45) is 13.0 Å². The Morgan fingerprint density at radius 1 is 1.46 bits per heavy atom. The Bertz CT molecular complexity index is 737. The van der Waals surface area contributed by atoms with Gasteiger partial charge in [-0.15, -0.1) is 0 Å². The van der Waals surface area contributed by atoms with Gasteiger partial charge < -0.3 is 20.3 Å². The summed E-state index contributed by atoms with van der Waals surface area (Å²) in [5, 5.41) is 26.6. The number of benzene rings is 1. The van der Waals surface area contributed by atoms with E-state index in [4.69, 9.17) is 4.74 Å². The molecule has 24 heavy (non-hydrogen) atoms. The van der Waals surface area contributed by atoms with Crippen LogP contribution in [0.15, 0.2) is 30.6 Å². The first-order chi connectivity index (χ1) is 11.5. The minimum absolute atomic E-state index is 0.0813. The van der Waals surface area contributed by atoms with Crippen molar-refractivity contribution < 1.29 is 19.7 Å². The van der Waals surface area contributed by atoms with Crippen molar-refractivity contribution in [1.82, 2.24) is 15.1 Å². The molecule has 1 aliphatic rings. The molecule has 0 unspecified atom stereocenters. The second-order valence-electron chi connectivity index (χ2n) is 6.17. The number of nitrogens with one attached hydrogen (secondary N) is 1. The fourth-order valence-corrected chi connectivity index (χ4v) is 3.03. The summed E-state index contributed by atoms with van der Waals surface area (Å²) in [6, 6.07) is 4.31. The van der Waals surface area contributed by atoms with Gasteiger partial charge in [-0.05, 0) is 37.0 Å². The highest BCUT2D eigenvalue weighted by molar-refractivity contribution is 5.95. The van der Waals surface area contributed by atoms with Crippen LogP contribution in [0.5, 0.6) is 11.5 Å². The summed E-state index contributed by atoms with van der Waals surface area (Å²) in [6.45, 7) is 0. The largest absolute Gasteiger partial charge is 0.504 e. The van der Waals surface area contributed by atoms with Crippen LogP contribution in [0.2, 0.25) is 0 Å². The molecule has 1 atom stereocenters. The van der Waals surface area contributed by atoms with Crippen LogP contribution in [0.1, 0.15) is 34.8 Å². The van der Waals surface area contributed by atoms with Crippen LogP contribution in [0.25, 0.3) is 0 Å². The number of hydrogen-bond donors (Lipinski definition) is 3. The molecule has 0 bridgehead atoms. The SMILES string of the molecule is COc1ccc(C(=O)N[C@H](c2cnn(C)c2)C2CC(O)C2)cc1O. The Kier molecular flexibility index (Phi) is 4.44. The number of aliphatic hydroxyl groups is 1. The van der Waals surface area contributed by atoms with Crippen LogP contribution in [0.3, 0.4) is 0 Å². The Hall–Kier alpha value is -2.54. The fourth-order valence-electron chi connectivity index (χ4n) is 3.03. The number of nitrogens with zero attached hydrogens (tertiary/aromatic N) is 2. The molecule has 1 aromatic carbocycles. The molecule has 0 saturated heterocycles. The van der Waals surface area contributed by atoms with Gasteiger partial charge in [-0.1, -0.05) is 0 Å². The molecule has 128 valence electrons. The quantitative estimate of drug-likeness (QED) is 0.769. The van der Waals surface area contributed by atoms with E-state index in [2.05, 4.69) is 10.4 Å². The highest BCUT2D eigenvalue weighted by Crippen LogP contribution is 2.38. The summed E-state index contributed by atoms with van der Waals surface area (Å²) in [7, 11) is 3.27. The molecule has 3 N–H and O–H groups in total. The maximum atomic E-state index is 12.6. The van der Waals surface area contributed by atoms with Gasteiger partial charge in [0.25, 0.3) is 5.91 Å². The summed E-state index contributed by atoms with van der Waals surface area (Å²) < 4.78 is 6.67. The maximum absolute atomic E-state index is 12.6. The minimum Gasteiger partial charge on any atom is -0.504 e. The molecule has 0 spiro atoms. The number of aliphatic hydroxyl groups excluding tert-OH is 1. The minimum atomic E-state index is -0.309. The Morgan fingerprint density at radius 2 is 2.21 bits per heavy atom. The van der Waals surface area contributed by atoms with Gasteiger partial charge in [-0.25, -0.2) is 0 Å². The first kappa shape index (κ1) is 16.3. The summed E-state index contributed by atoms with van der Waals surface area (Å²) in [5.41, 5.74) is 1.25. The molecular weight excluding hydrogens is 310 g/mol. The summed E-state index contributed by atoms with van der Waals surface area (Å²) in [4.78, 5) is 12.6. The molecule has 0 radical (unpaired) electrons. The molecule has 1 heterocycles. The number of carbonyl (C=O) groups is 1. The van der Waals surface area contributed by atoms with E-state index in [0.29, 0.717) is 24.2 Å². The number of amides is 1. The van der Waals surface area contributed by atoms with Crippen molar-refractivity contribution in [3.63, 3.8) is 0 Å². The third kappa shape index (κ3) is 3.21. The highest BCUT2D eigenvalue weighted by Gasteiger charge is 2.36. The number of phenols is 1. The van der Waals surface area contributed by atoms with Crippen molar-refractivity contribution in [1.29, 1.82) is 0 Å². The van der Waals surface area contributed by atoms with Gasteiger partial charge >= 0.3 is 0 Å². The topological polar surface area (TPSA) is 96.6 Å². The number of aryl methyl sites for hydroxylation is 1. The number of aromatic hydroxyl groups is 1. The first-order valence-corrected chi connectivity index (χ1v) is 7.82. The smallest absolute Gasteiger partial charge is 0.251 e. The molecule has 1 aliphatic carbocycles. The third-order valence-corrected chi connectivity index (χ3v) is 4.43. The van der Waals surface area contributed by atoms with E-state index in [9.17, 15) is 15.0 Å². The lowest BCUT2D eigenvalue weighted by atomic mass is 9.75. The fraction of sp³-hybridized carbons (Fsp3) is 0.412. The van der Waals surface area contributed by atoms with Crippen LogP contribution in [0, 0.1) is 5.92 Å². The molecule has 1 fully saturated rings. The molecule has 2 aromatic rings. The normalized spacial score (nSPS) is 21.0. The van der Waals surface area contributed by atoms with Gasteiger partial charge in [0.05, 0.1) is 25.5 Å². The molecule has 7 nitrogen and oxygen atoms in total. The predicted octanol–water partition coefficient (Wildman–Crippen LogP) is 1.38. The van der Waals surface area contributed by atoms with Gasteiger partial charge in [0, 0.05) is 24.4 Å². The Balaban J connectivity index is 1.79. The Morgan fingerprint density at radius 3 is 2.75 bits per heavy atom. The average Bonchev–Trinajstić information content (AvgIpc) is 2.96. The van der Waals surface area contributed by atoms with Gasteiger partial charge in [0.15, 0.2) is 11.5 Å². The van der Waals surface area contributed by atoms with Crippen molar-refractivity contribution in [3.05, 3.63) is 41.7 Å². The molecule has 7 heteroatoms. The average molecular weight is 331 g/mol. The summed E-state index contributed by atoms with van der Waals surface area (Å²) in [6.07, 6.45) is 4.57. The van der Waals surface area contributed by atoms with Crippen molar-refractivity contribution in [2.75, 3.05) is 7.11 Å². The van der Waals surface area contributed by atoms with Crippen molar-refractivity contribution in [3.8, 4) is 11.5 Å². The lowest BCUT2D eigenvalue weighted by molar-refractivity contribution is 0.0235. The summed E-state index contributed by atoms with van der Waals surface area (Å²) >= 11 is 0. The van der Waals surface area contributed by atoms with Gasteiger partial charge in [-0.3, -0.25) is 9.48 Å². The molecule has 1 saturated carbocycles. The van der Waals surface area contributed by atoms with Gasteiger partial charge in [0.1, 0.15) is 0 Å². The molecule has 1 aromatic heterocycles. The predicted molar refractivity (Wildman–Crippen MR) is 86.8 cm³/mol. The Labute approximate surface area is 139 Å². The monoisotopic (exact) mass is 331 g/mol. The van der Waals surface area contributed by atoms with Gasteiger partial charge in [0.2, 0.25) is 0 Å². The number of rotatable bonds is 5. The second kappa shape index (κ2) is 6.52. The molecule has 3 rings (SSSR count). The van der Waals surface area contributed by atoms with Crippen LogP contribution in [-0.2, 0) is 7.05 Å². The zero-order valence-electron chi connectivity index (χ0n) is 13.6. The van der Waals surface area contributed by atoms with E-state index >= 15 is 0 Å². The number of methoxy groups -OCH3 is 1. The highest BCUT2D eigenvalue weighted by atomic mass is 16.5. The van der Waals surface area contributed by atoms with E-state index in [0.717, 1.165) is 5.56 Å². The van der Waals surface area contributed by atoms with E-state index in [-0.39, 0.29) is 29.7 Å². The zero-order chi connectivity index (χ0) is 17.3. The van der Waals surface area contributed by atoms with Gasteiger partial charge in [-0.2, -0.15) is 5.10 Å². The van der Waals surface area contributed by atoms with E-state index in [1.807, 2.05) is 13.2 Å². The van der Waals surface area contributed by atoms with Crippen LogP contribution >= 0.6 is 0 Å². The lowest BCUT2D eigenvalue weighted by Gasteiger charge is -2.37. The van der Waals surface area contributed by atoms with Crippen LogP contribution in [0.4, 0.5) is 0 Å². The number of hydrogen-bond acceptors (Lipinski definition) is 5. The third-order valence-electron chi connectivity index (χ3n) is 4.43. The van der Waals surface area contributed by atoms with Crippen molar-refractivity contribution >= 4 is 5.91 Å². The first-order valence-electron chi connectivity index (χ1n) is 7.82. The van der Waals surface area contributed by atoms with Crippen molar-refractivity contribution in [2.45, 2.75) is 25.0 Å². The maximum Gasteiger partial charge on any atom is 0.251 e. The number of carbonyl (C=O) groups excluding carboxylic acids is 1. The molecular formula is C17H21N3O4. The number of phenolic OH excluding ortho intramolecular Hbond substituents is 1. The van der Waals surface area contributed by atoms with E-state index < -0.39 is 0 Å². The zero-order valence-corrected chi connectivity index (χ0v) is 13.6. The van der Waals surface area contributed by atoms with Crippen LogP contribution < -0.4 is 10.1 Å². The number of ether oxygens (including phenoxy) is 1. The standard InChI is InChI=1S/C17H21N3O4/c1-20-9-12(8-18-20)16(11-5-13(21)6-11)19-17(23)10-3-4-15(24-2)14(22)7-10/h3-4,7-9,11,13,16,21-22H,5-6H2,1-2H3,(H,19,23)/t11?,13?,16-/m0/s1. The second-order valence-corrected chi connectivity index (χ2v) is 6.17. The molecule has 1 amide bonds. The lowest BCUT2D eigenvalue weighted by Crippen LogP contribution is -2.41. The summed E-state index contributed by atoms with van der Waals surface area (Å²) in [5.74, 6) is 0.114. The van der Waals surface area contributed by atoms with E-state index in [1.54, 1.807) is 23.0 Å². The van der Waals surface area contributed by atoms with Crippen LogP contribution in [-0.4, -0.2) is 39.1 Å².